The summed E-state index contributed by atoms with van der Waals surface area (Å²) in [4.78, 5) is 26.8. The number of carbonyl (C=O) groups is 2. The first-order valence-electron chi connectivity index (χ1n) is 16.1. The molecule has 0 aliphatic carbocycles. The van der Waals surface area contributed by atoms with Gasteiger partial charge in [0.05, 0.1) is 0 Å². The van der Waals surface area contributed by atoms with Crippen molar-refractivity contribution in [2.45, 2.75) is 129 Å². The molecule has 2 aromatic rings. The number of nitrogens with zero attached hydrogens (tertiary/aromatic N) is 2. The van der Waals surface area contributed by atoms with Crippen molar-refractivity contribution in [1.29, 1.82) is 0 Å². The Bertz CT molecular complexity index is 989. The maximum Gasteiger partial charge on any atom is 0.411 e. The summed E-state index contributed by atoms with van der Waals surface area (Å²) in [6, 6.07) is 16.0. The Labute approximate surface area is 255 Å². The molecule has 0 fully saturated rings. The van der Waals surface area contributed by atoms with Crippen molar-refractivity contribution in [3.63, 3.8) is 0 Å². The van der Waals surface area contributed by atoms with Gasteiger partial charge in [0.1, 0.15) is 0 Å². The summed E-state index contributed by atoms with van der Waals surface area (Å²) in [5, 5.41) is 19.7. The second kappa shape index (κ2) is 17.2. The Morgan fingerprint density at radius 1 is 0.548 bits per heavy atom. The van der Waals surface area contributed by atoms with Crippen molar-refractivity contribution in [2.24, 2.45) is 0 Å². The number of hydrogen-bond acceptors (Lipinski definition) is 2. The molecule has 2 N–H and O–H groups in total. The van der Waals surface area contributed by atoms with E-state index in [2.05, 4.69) is 65.8 Å². The topological polar surface area (TPSA) is 81.1 Å². The van der Waals surface area contributed by atoms with Gasteiger partial charge in [-0.05, 0) is 71.9 Å². The molecular formula is C36H56N2O4. The summed E-state index contributed by atoms with van der Waals surface area (Å²) >= 11 is 0. The minimum absolute atomic E-state index is 0.0679. The highest BCUT2D eigenvalue weighted by Gasteiger charge is 2.22. The molecule has 0 aliphatic heterocycles. The Hall–Kier alpha value is -3.02. The maximum absolute atomic E-state index is 12.0. The second-order valence-corrected chi connectivity index (χ2v) is 13.1. The van der Waals surface area contributed by atoms with Gasteiger partial charge in [0.25, 0.3) is 0 Å². The largest absolute Gasteiger partial charge is 0.465 e. The van der Waals surface area contributed by atoms with Crippen LogP contribution in [0.25, 0.3) is 0 Å². The fourth-order valence-corrected chi connectivity index (χ4v) is 5.67. The summed E-state index contributed by atoms with van der Waals surface area (Å²) in [5.41, 5.74) is 4.01. The van der Waals surface area contributed by atoms with E-state index in [0.29, 0.717) is 24.5 Å². The minimum atomic E-state index is -0.945. The van der Waals surface area contributed by atoms with E-state index in [1.165, 1.54) is 59.5 Å². The number of benzene rings is 2. The zero-order valence-corrected chi connectivity index (χ0v) is 27.1. The number of rotatable bonds is 19. The fourth-order valence-electron chi connectivity index (χ4n) is 5.67. The van der Waals surface area contributed by atoms with E-state index in [1.807, 2.05) is 24.3 Å². The van der Waals surface area contributed by atoms with Crippen molar-refractivity contribution in [3.8, 4) is 0 Å². The molecule has 0 unspecified atom stereocenters. The van der Waals surface area contributed by atoms with Crippen molar-refractivity contribution >= 4 is 23.6 Å². The molecule has 0 bridgehead atoms. The molecule has 6 nitrogen and oxygen atoms in total. The third-order valence-electron chi connectivity index (χ3n) is 8.71. The average Bonchev–Trinajstić information content (AvgIpc) is 2.94. The molecule has 234 valence electrons. The third kappa shape index (κ3) is 11.0. The standard InChI is InChI=1S/C36H56N2O4/c1-7-9-13-25-35(3,4)29-17-21-31(22-18-29)37(33(39)40)27-15-11-12-16-28-38(34(41)42)32-23-19-30(20-24-32)36(5,6)26-14-10-8-2/h17-24H,7-16,25-28H2,1-6H3,(H,39,40)(H,41,42). The first kappa shape index (κ1) is 35.2. The predicted octanol–water partition coefficient (Wildman–Crippen LogP) is 10.6. The van der Waals surface area contributed by atoms with Gasteiger partial charge in [-0.1, -0.05) is 117 Å². The van der Waals surface area contributed by atoms with E-state index in [-0.39, 0.29) is 10.8 Å². The molecule has 6 heteroatoms. The summed E-state index contributed by atoms with van der Waals surface area (Å²) < 4.78 is 0. The molecule has 0 aliphatic rings. The van der Waals surface area contributed by atoms with Gasteiger partial charge in [-0.3, -0.25) is 9.80 Å². The lowest BCUT2D eigenvalue weighted by Gasteiger charge is -2.27. The summed E-state index contributed by atoms with van der Waals surface area (Å²) in [5.74, 6) is 0. The minimum Gasteiger partial charge on any atom is -0.465 e. The van der Waals surface area contributed by atoms with Crippen LogP contribution in [0, 0.1) is 0 Å². The van der Waals surface area contributed by atoms with Crippen LogP contribution in [0.4, 0.5) is 21.0 Å². The van der Waals surface area contributed by atoms with Gasteiger partial charge in [-0.25, -0.2) is 9.59 Å². The first-order valence-corrected chi connectivity index (χ1v) is 16.1. The van der Waals surface area contributed by atoms with Crippen LogP contribution in [-0.2, 0) is 10.8 Å². The Morgan fingerprint density at radius 3 is 1.17 bits per heavy atom. The Kier molecular flexibility index (Phi) is 14.4. The number of carboxylic acid groups (broad SMARTS) is 2. The normalized spacial score (nSPS) is 11.9. The second-order valence-electron chi connectivity index (χ2n) is 13.1. The van der Waals surface area contributed by atoms with Crippen LogP contribution < -0.4 is 9.80 Å². The molecule has 0 saturated carbocycles. The number of anilines is 2. The van der Waals surface area contributed by atoms with Gasteiger partial charge in [-0.15, -0.1) is 0 Å². The SMILES string of the molecule is CCCCCC(C)(C)c1ccc(N(CCCCCCN(C(=O)O)c2ccc(C(C)(C)CCCCC)cc2)C(=O)O)cc1. The zero-order chi connectivity index (χ0) is 31.2. The van der Waals surface area contributed by atoms with Gasteiger partial charge in [0, 0.05) is 24.5 Å². The summed E-state index contributed by atoms with van der Waals surface area (Å²) in [6.07, 6.45) is 10.7. The monoisotopic (exact) mass is 580 g/mol. The quantitative estimate of drug-likeness (QED) is 0.162. The van der Waals surface area contributed by atoms with Gasteiger partial charge in [0.15, 0.2) is 0 Å². The van der Waals surface area contributed by atoms with Crippen molar-refractivity contribution in [1.82, 2.24) is 0 Å². The molecule has 0 aromatic heterocycles. The van der Waals surface area contributed by atoms with Gasteiger partial charge < -0.3 is 10.2 Å². The lowest BCUT2D eigenvalue weighted by Crippen LogP contribution is -2.31. The van der Waals surface area contributed by atoms with Crippen LogP contribution in [0.5, 0.6) is 0 Å². The molecule has 2 rings (SSSR count). The van der Waals surface area contributed by atoms with Crippen LogP contribution in [0.3, 0.4) is 0 Å². The predicted molar refractivity (Wildman–Crippen MR) is 176 cm³/mol. The van der Waals surface area contributed by atoms with Gasteiger partial charge >= 0.3 is 12.2 Å². The number of unbranched alkanes of at least 4 members (excludes halogenated alkanes) is 7. The molecule has 0 heterocycles. The molecule has 2 aromatic carbocycles. The highest BCUT2D eigenvalue weighted by atomic mass is 16.4. The van der Waals surface area contributed by atoms with Crippen LogP contribution in [-0.4, -0.2) is 35.5 Å². The molecule has 42 heavy (non-hydrogen) atoms. The van der Waals surface area contributed by atoms with Crippen LogP contribution in [0.1, 0.15) is 130 Å². The summed E-state index contributed by atoms with van der Waals surface area (Å²) in [6.45, 7) is 14.3. The van der Waals surface area contributed by atoms with E-state index in [9.17, 15) is 19.8 Å². The molecular weight excluding hydrogens is 524 g/mol. The van der Waals surface area contributed by atoms with Crippen LogP contribution >= 0.6 is 0 Å². The first-order chi connectivity index (χ1) is 19.9. The molecule has 2 amide bonds. The number of hydrogen-bond donors (Lipinski definition) is 2. The van der Waals surface area contributed by atoms with E-state index >= 15 is 0 Å². The van der Waals surface area contributed by atoms with E-state index < -0.39 is 12.2 Å². The van der Waals surface area contributed by atoms with Gasteiger partial charge in [-0.2, -0.15) is 0 Å². The van der Waals surface area contributed by atoms with E-state index in [0.717, 1.165) is 38.5 Å². The highest BCUT2D eigenvalue weighted by Crippen LogP contribution is 2.32. The molecule has 0 radical (unpaired) electrons. The van der Waals surface area contributed by atoms with Crippen molar-refractivity contribution in [2.75, 3.05) is 22.9 Å². The van der Waals surface area contributed by atoms with Gasteiger partial charge in [0.2, 0.25) is 0 Å². The number of amides is 2. The van der Waals surface area contributed by atoms with Crippen LogP contribution in [0.15, 0.2) is 48.5 Å². The fraction of sp³-hybridized carbons (Fsp3) is 0.611. The lowest BCUT2D eigenvalue weighted by atomic mass is 9.80. The van der Waals surface area contributed by atoms with Crippen molar-refractivity contribution < 1.29 is 19.8 Å². The maximum atomic E-state index is 12.0. The highest BCUT2D eigenvalue weighted by molar-refractivity contribution is 5.86. The van der Waals surface area contributed by atoms with E-state index in [1.54, 1.807) is 0 Å². The van der Waals surface area contributed by atoms with E-state index in [4.69, 9.17) is 0 Å². The molecule has 0 spiro atoms. The zero-order valence-electron chi connectivity index (χ0n) is 27.1. The lowest BCUT2D eigenvalue weighted by molar-refractivity contribution is 0.200. The van der Waals surface area contributed by atoms with Crippen LogP contribution in [0.2, 0.25) is 0 Å². The Balaban J connectivity index is 1.86. The third-order valence-corrected chi connectivity index (χ3v) is 8.71. The molecule has 0 saturated heterocycles. The summed E-state index contributed by atoms with van der Waals surface area (Å²) in [7, 11) is 0. The Morgan fingerprint density at radius 2 is 0.881 bits per heavy atom. The smallest absolute Gasteiger partial charge is 0.411 e. The average molecular weight is 581 g/mol. The molecule has 0 atom stereocenters. The van der Waals surface area contributed by atoms with Crippen molar-refractivity contribution in [3.05, 3.63) is 59.7 Å².